The van der Waals surface area contributed by atoms with E-state index in [4.69, 9.17) is 0 Å². The summed E-state index contributed by atoms with van der Waals surface area (Å²) >= 11 is 0. The molecule has 1 amide bonds. The van der Waals surface area contributed by atoms with Crippen LogP contribution in [0.25, 0.3) is 0 Å². The van der Waals surface area contributed by atoms with Crippen molar-refractivity contribution in [3.63, 3.8) is 0 Å². The van der Waals surface area contributed by atoms with E-state index in [2.05, 4.69) is 5.32 Å². The lowest BCUT2D eigenvalue weighted by atomic mass is 10.0. The van der Waals surface area contributed by atoms with Crippen LogP contribution >= 0.6 is 0 Å². The lowest BCUT2D eigenvalue weighted by Gasteiger charge is -2.16. The fourth-order valence-corrected chi connectivity index (χ4v) is 2.60. The van der Waals surface area contributed by atoms with Crippen molar-refractivity contribution in [2.45, 2.75) is 31.2 Å². The molecular formula is C19H15F6NO3. The summed E-state index contributed by atoms with van der Waals surface area (Å²) in [4.78, 5) is 23.5. The fourth-order valence-electron chi connectivity index (χ4n) is 2.60. The minimum Gasteiger partial charge on any atom is -0.480 e. The number of alkyl halides is 6. The lowest BCUT2D eigenvalue weighted by Crippen LogP contribution is -2.43. The Balaban J connectivity index is 2.21. The Labute approximate surface area is 161 Å². The number of carboxylic acid groups (broad SMARTS) is 1. The Morgan fingerprint density at radius 3 is 1.83 bits per heavy atom. The number of hydrogen-bond acceptors (Lipinski definition) is 2. The number of rotatable bonds is 6. The predicted molar refractivity (Wildman–Crippen MR) is 89.9 cm³/mol. The van der Waals surface area contributed by atoms with Crippen LogP contribution in [0.4, 0.5) is 26.3 Å². The van der Waals surface area contributed by atoms with Crippen LogP contribution in [0.5, 0.6) is 0 Å². The first-order valence-corrected chi connectivity index (χ1v) is 8.20. The molecule has 2 aromatic rings. The molecule has 2 rings (SSSR count). The van der Waals surface area contributed by atoms with Crippen molar-refractivity contribution in [1.82, 2.24) is 5.32 Å². The van der Waals surface area contributed by atoms with Crippen molar-refractivity contribution in [1.29, 1.82) is 0 Å². The average Bonchev–Trinajstić information content (AvgIpc) is 2.60. The number of nitrogens with one attached hydrogen (secondary N) is 1. The lowest BCUT2D eigenvalue weighted by molar-refractivity contribution is -0.143. The summed E-state index contributed by atoms with van der Waals surface area (Å²) in [5, 5.41) is 11.4. The summed E-state index contributed by atoms with van der Waals surface area (Å²) in [6.45, 7) is 0. The third-order valence-electron chi connectivity index (χ3n) is 3.93. The molecular weight excluding hydrogens is 404 g/mol. The van der Waals surface area contributed by atoms with Gasteiger partial charge in [0.1, 0.15) is 6.04 Å². The van der Waals surface area contributed by atoms with Crippen LogP contribution in [-0.4, -0.2) is 23.0 Å². The van der Waals surface area contributed by atoms with Gasteiger partial charge in [0.15, 0.2) is 0 Å². The minimum atomic E-state index is -5.04. The second-order valence-electron chi connectivity index (χ2n) is 6.24. The van der Waals surface area contributed by atoms with Gasteiger partial charge >= 0.3 is 18.3 Å². The number of halogens is 6. The summed E-state index contributed by atoms with van der Waals surface area (Å²) in [5.74, 6) is -2.40. The number of amides is 1. The quantitative estimate of drug-likeness (QED) is 0.694. The van der Waals surface area contributed by atoms with E-state index in [-0.39, 0.29) is 12.5 Å². The number of aliphatic carboxylic acids is 1. The van der Waals surface area contributed by atoms with Crippen molar-refractivity contribution in [2.75, 3.05) is 0 Å². The summed E-state index contributed by atoms with van der Waals surface area (Å²) in [5.41, 5.74) is -3.05. The zero-order chi connectivity index (χ0) is 21.8. The van der Waals surface area contributed by atoms with Gasteiger partial charge in [0.2, 0.25) is 5.91 Å². The highest BCUT2D eigenvalue weighted by atomic mass is 19.4. The maximum absolute atomic E-state index is 12.9. The Morgan fingerprint density at radius 1 is 0.862 bits per heavy atom. The number of benzene rings is 2. The van der Waals surface area contributed by atoms with E-state index in [0.29, 0.717) is 17.7 Å². The van der Waals surface area contributed by atoms with Crippen LogP contribution in [0.2, 0.25) is 0 Å². The van der Waals surface area contributed by atoms with E-state index < -0.39 is 53.4 Å². The van der Waals surface area contributed by atoms with Crippen LogP contribution < -0.4 is 5.32 Å². The molecule has 0 aliphatic carbocycles. The third-order valence-corrected chi connectivity index (χ3v) is 3.93. The van der Waals surface area contributed by atoms with Crippen molar-refractivity contribution in [3.8, 4) is 0 Å². The van der Waals surface area contributed by atoms with Crippen molar-refractivity contribution in [3.05, 3.63) is 70.8 Å². The molecule has 0 spiro atoms. The summed E-state index contributed by atoms with van der Waals surface area (Å²) in [6, 6.07) is 7.66. The zero-order valence-electron chi connectivity index (χ0n) is 14.6. The molecule has 0 fully saturated rings. The molecule has 0 aromatic heterocycles. The topological polar surface area (TPSA) is 66.4 Å². The first-order valence-electron chi connectivity index (χ1n) is 8.20. The predicted octanol–water partition coefficient (Wildman–Crippen LogP) is 4.08. The second-order valence-corrected chi connectivity index (χ2v) is 6.24. The molecule has 0 saturated carbocycles. The first kappa shape index (κ1) is 22.3. The molecule has 156 valence electrons. The van der Waals surface area contributed by atoms with Gasteiger partial charge in [0.05, 0.1) is 17.5 Å². The maximum Gasteiger partial charge on any atom is 0.416 e. The summed E-state index contributed by atoms with van der Waals surface area (Å²) in [6.07, 6.45) is -11.0. The molecule has 2 N–H and O–H groups in total. The largest absolute Gasteiger partial charge is 0.480 e. The first-order chi connectivity index (χ1) is 13.4. The van der Waals surface area contributed by atoms with Gasteiger partial charge < -0.3 is 10.4 Å². The molecule has 0 radical (unpaired) electrons. The number of carbonyl (C=O) groups excluding carboxylic acids is 1. The van der Waals surface area contributed by atoms with E-state index in [9.17, 15) is 41.0 Å². The van der Waals surface area contributed by atoms with Gasteiger partial charge in [-0.05, 0) is 29.3 Å². The number of carboxylic acids is 1. The minimum absolute atomic E-state index is 0.0448. The zero-order valence-corrected chi connectivity index (χ0v) is 14.6. The normalized spacial score (nSPS) is 13.0. The van der Waals surface area contributed by atoms with Crippen LogP contribution in [-0.2, 0) is 34.8 Å². The molecule has 0 aliphatic heterocycles. The molecule has 0 heterocycles. The Bertz CT molecular complexity index is 845. The summed E-state index contributed by atoms with van der Waals surface area (Å²) in [7, 11) is 0. The van der Waals surface area contributed by atoms with Crippen LogP contribution in [0, 0.1) is 0 Å². The molecule has 10 heteroatoms. The van der Waals surface area contributed by atoms with Gasteiger partial charge in [0.25, 0.3) is 0 Å². The highest BCUT2D eigenvalue weighted by Crippen LogP contribution is 2.36. The van der Waals surface area contributed by atoms with Crippen LogP contribution in [0.15, 0.2) is 48.5 Å². The second kappa shape index (κ2) is 8.54. The van der Waals surface area contributed by atoms with E-state index in [0.717, 1.165) is 0 Å². The van der Waals surface area contributed by atoms with Gasteiger partial charge in [-0.1, -0.05) is 30.3 Å². The standard InChI is InChI=1S/C19H15F6NO3/c20-18(21,22)13-6-12(7-14(10-13)19(23,24)25)9-16(27)26-15(17(28)29)8-11-4-2-1-3-5-11/h1-7,10,15H,8-9H2,(H,26,27)(H,28,29)/t15-/m0/s1. The van der Waals surface area contributed by atoms with E-state index in [1.54, 1.807) is 30.3 Å². The van der Waals surface area contributed by atoms with Crippen molar-refractivity contribution < 1.29 is 41.0 Å². The van der Waals surface area contributed by atoms with E-state index in [1.165, 1.54) is 0 Å². The highest BCUT2D eigenvalue weighted by Gasteiger charge is 2.37. The van der Waals surface area contributed by atoms with Gasteiger partial charge in [-0.15, -0.1) is 0 Å². The SMILES string of the molecule is O=C(Cc1cc(C(F)(F)F)cc(C(F)(F)F)c1)N[C@@H](Cc1ccccc1)C(=O)O. The van der Waals surface area contributed by atoms with Crippen LogP contribution in [0.3, 0.4) is 0 Å². The van der Waals surface area contributed by atoms with Crippen LogP contribution in [0.1, 0.15) is 22.3 Å². The van der Waals surface area contributed by atoms with Crippen molar-refractivity contribution >= 4 is 11.9 Å². The molecule has 1 atom stereocenters. The number of carbonyl (C=O) groups is 2. The van der Waals surface area contributed by atoms with E-state index >= 15 is 0 Å². The monoisotopic (exact) mass is 419 g/mol. The smallest absolute Gasteiger partial charge is 0.416 e. The van der Waals surface area contributed by atoms with Crippen molar-refractivity contribution in [2.24, 2.45) is 0 Å². The highest BCUT2D eigenvalue weighted by molar-refractivity contribution is 5.85. The molecule has 0 saturated heterocycles. The molecule has 29 heavy (non-hydrogen) atoms. The molecule has 0 bridgehead atoms. The van der Waals surface area contributed by atoms with Gasteiger partial charge in [-0.2, -0.15) is 26.3 Å². The molecule has 0 unspecified atom stereocenters. The molecule has 0 aliphatic rings. The van der Waals surface area contributed by atoms with E-state index in [1.807, 2.05) is 0 Å². The summed E-state index contributed by atoms with van der Waals surface area (Å²) < 4.78 is 77.3. The Hall–Kier alpha value is -3.04. The van der Waals surface area contributed by atoms with Gasteiger partial charge in [-0.3, -0.25) is 4.79 Å². The molecule has 4 nitrogen and oxygen atoms in total. The molecule has 2 aromatic carbocycles. The Morgan fingerprint density at radius 2 is 1.38 bits per heavy atom. The number of hydrogen-bond donors (Lipinski definition) is 2. The van der Waals surface area contributed by atoms with Gasteiger partial charge in [0, 0.05) is 6.42 Å². The van der Waals surface area contributed by atoms with Gasteiger partial charge in [-0.25, -0.2) is 4.79 Å². The maximum atomic E-state index is 12.9. The Kier molecular flexibility index (Phi) is 6.55. The third kappa shape index (κ3) is 6.51. The fraction of sp³-hybridized carbons (Fsp3) is 0.263. The average molecular weight is 419 g/mol.